The molecule has 0 aliphatic heterocycles. The summed E-state index contributed by atoms with van der Waals surface area (Å²) in [6.45, 7) is 0. The number of fused-ring (bicyclic) bond motifs is 1. The number of rotatable bonds is 3. The van der Waals surface area contributed by atoms with E-state index in [0.29, 0.717) is 17.0 Å². The molecule has 0 bridgehead atoms. The molecule has 0 atom stereocenters. The van der Waals surface area contributed by atoms with Gasteiger partial charge in [0.05, 0.1) is 12.6 Å². The molecular weight excluding hydrogens is 300 g/mol. The van der Waals surface area contributed by atoms with E-state index in [2.05, 4.69) is 10.2 Å². The van der Waals surface area contributed by atoms with E-state index in [9.17, 15) is 13.0 Å². The van der Waals surface area contributed by atoms with Gasteiger partial charge in [-0.05, 0) is 29.6 Å². The first-order valence-electron chi connectivity index (χ1n) is 5.58. The second-order valence-corrected chi connectivity index (χ2v) is 6.61. The first-order chi connectivity index (χ1) is 9.50. The minimum absolute atomic E-state index is 0.117. The number of thiophene rings is 1. The number of aromatic amines is 1. The highest BCUT2D eigenvalue weighted by Gasteiger charge is 2.21. The summed E-state index contributed by atoms with van der Waals surface area (Å²) in [5.41, 5.74) is 1.60. The van der Waals surface area contributed by atoms with Crippen LogP contribution in [0.25, 0.3) is 22.2 Å². The van der Waals surface area contributed by atoms with Gasteiger partial charge in [-0.15, -0.1) is 11.3 Å². The van der Waals surface area contributed by atoms with Crippen LogP contribution in [0.1, 0.15) is 0 Å². The van der Waals surface area contributed by atoms with Crippen molar-refractivity contribution < 1.29 is 17.7 Å². The van der Waals surface area contributed by atoms with Gasteiger partial charge in [0.15, 0.2) is 4.21 Å². The fourth-order valence-electron chi connectivity index (χ4n) is 2.00. The molecule has 1 aromatic carbocycles. The lowest BCUT2D eigenvalue weighted by Crippen LogP contribution is -1.96. The number of nitrogens with zero attached hydrogens (tertiary/aromatic N) is 1. The molecule has 0 saturated heterocycles. The Morgan fingerprint density at radius 2 is 2.15 bits per heavy atom. The minimum atomic E-state index is -4.27. The van der Waals surface area contributed by atoms with Gasteiger partial charge in [-0.2, -0.15) is 13.5 Å². The smallest absolute Gasteiger partial charge is 0.304 e. The number of nitrogens with one attached hydrogen (secondary N) is 1. The first-order valence-corrected chi connectivity index (χ1v) is 7.90. The van der Waals surface area contributed by atoms with Crippen molar-refractivity contribution >= 4 is 32.4 Å². The van der Waals surface area contributed by atoms with Crippen molar-refractivity contribution in [3.63, 3.8) is 0 Å². The highest BCUT2D eigenvalue weighted by Crippen LogP contribution is 2.35. The van der Waals surface area contributed by atoms with E-state index in [0.717, 1.165) is 22.2 Å². The average molecular weight is 310 g/mol. The van der Waals surface area contributed by atoms with Gasteiger partial charge in [0, 0.05) is 10.9 Å². The molecule has 8 heteroatoms. The molecule has 20 heavy (non-hydrogen) atoms. The number of hydrogen-bond donors (Lipinski definition) is 2. The zero-order chi connectivity index (χ0) is 14.3. The van der Waals surface area contributed by atoms with Crippen molar-refractivity contribution in [2.24, 2.45) is 0 Å². The predicted octanol–water partition coefficient (Wildman–Crippen LogP) is 2.55. The van der Waals surface area contributed by atoms with Gasteiger partial charge in [-0.1, -0.05) is 0 Å². The van der Waals surface area contributed by atoms with Crippen LogP contribution >= 0.6 is 11.3 Å². The van der Waals surface area contributed by atoms with Crippen LogP contribution in [0.4, 0.5) is 0 Å². The Morgan fingerprint density at radius 1 is 1.35 bits per heavy atom. The molecule has 0 amide bonds. The number of H-pyrrole nitrogens is 1. The molecule has 0 spiro atoms. The monoisotopic (exact) mass is 310 g/mol. The standard InChI is InChI=1S/C12H10N2O4S2/c1-18-7-2-3-10-9(6-7)11(14-13-10)8-4-5-19-12(8)20(15,16)17/h2-6H,1H3,(H,13,14)(H,15,16,17). The molecule has 2 N–H and O–H groups in total. The van der Waals surface area contributed by atoms with E-state index >= 15 is 0 Å². The summed E-state index contributed by atoms with van der Waals surface area (Å²) in [5.74, 6) is 0.642. The zero-order valence-electron chi connectivity index (χ0n) is 10.3. The summed E-state index contributed by atoms with van der Waals surface area (Å²) in [5, 5.41) is 9.29. The molecule has 0 aliphatic rings. The van der Waals surface area contributed by atoms with Gasteiger partial charge in [-0.3, -0.25) is 9.65 Å². The fourth-order valence-corrected chi connectivity index (χ4v) is 3.71. The van der Waals surface area contributed by atoms with Gasteiger partial charge < -0.3 is 4.74 Å². The first kappa shape index (κ1) is 13.1. The Hall–Kier alpha value is -1.90. The van der Waals surface area contributed by atoms with Crippen LogP contribution in [0.15, 0.2) is 33.9 Å². The minimum Gasteiger partial charge on any atom is -0.497 e. The van der Waals surface area contributed by atoms with Crippen LogP contribution in [0, 0.1) is 0 Å². The van der Waals surface area contributed by atoms with Crippen LogP contribution in [-0.2, 0) is 10.1 Å². The normalized spacial score (nSPS) is 11.9. The topological polar surface area (TPSA) is 92.3 Å². The van der Waals surface area contributed by atoms with E-state index in [4.69, 9.17) is 4.74 Å². The van der Waals surface area contributed by atoms with Gasteiger partial charge >= 0.3 is 10.1 Å². The molecule has 0 unspecified atom stereocenters. The van der Waals surface area contributed by atoms with Gasteiger partial charge in [0.1, 0.15) is 11.4 Å². The maximum atomic E-state index is 11.4. The SMILES string of the molecule is COc1ccc2[nH]nc(-c3ccsc3S(=O)(=O)O)c2c1. The van der Waals surface area contributed by atoms with Gasteiger partial charge in [0.25, 0.3) is 0 Å². The largest absolute Gasteiger partial charge is 0.497 e. The summed E-state index contributed by atoms with van der Waals surface area (Å²) in [6.07, 6.45) is 0. The van der Waals surface area contributed by atoms with Crippen LogP contribution in [0.3, 0.4) is 0 Å². The molecule has 0 saturated carbocycles. The fraction of sp³-hybridized carbons (Fsp3) is 0.0833. The molecule has 0 radical (unpaired) electrons. The van der Waals surface area contributed by atoms with E-state index < -0.39 is 10.1 Å². The maximum absolute atomic E-state index is 11.4. The third-order valence-electron chi connectivity index (χ3n) is 2.89. The number of methoxy groups -OCH3 is 1. The number of aromatic nitrogens is 2. The summed E-state index contributed by atoms with van der Waals surface area (Å²) in [6, 6.07) is 6.95. The second kappa shape index (κ2) is 4.58. The van der Waals surface area contributed by atoms with Crippen molar-refractivity contribution in [2.75, 3.05) is 7.11 Å². The van der Waals surface area contributed by atoms with Crippen molar-refractivity contribution in [3.8, 4) is 17.0 Å². The Balaban J connectivity index is 2.28. The summed E-state index contributed by atoms with van der Waals surface area (Å²) < 4.78 is 37.0. The van der Waals surface area contributed by atoms with Crippen LogP contribution in [-0.4, -0.2) is 30.3 Å². The van der Waals surface area contributed by atoms with Crippen molar-refractivity contribution in [1.82, 2.24) is 10.2 Å². The highest BCUT2D eigenvalue weighted by atomic mass is 32.3. The Bertz CT molecular complexity index is 880. The van der Waals surface area contributed by atoms with Gasteiger partial charge in [-0.25, -0.2) is 0 Å². The Morgan fingerprint density at radius 3 is 2.85 bits per heavy atom. The molecule has 3 aromatic rings. The molecule has 2 aromatic heterocycles. The zero-order valence-corrected chi connectivity index (χ0v) is 12.0. The Kier molecular flexibility index (Phi) is 3.00. The number of ether oxygens (including phenoxy) is 1. The lowest BCUT2D eigenvalue weighted by Gasteiger charge is -2.01. The maximum Gasteiger partial charge on any atom is 0.304 e. The van der Waals surface area contributed by atoms with Crippen molar-refractivity contribution in [1.29, 1.82) is 0 Å². The second-order valence-electron chi connectivity index (χ2n) is 4.08. The lowest BCUT2D eigenvalue weighted by molar-refractivity contribution is 0.415. The van der Waals surface area contributed by atoms with E-state index in [-0.39, 0.29) is 4.21 Å². The van der Waals surface area contributed by atoms with E-state index in [1.807, 2.05) is 0 Å². The molecule has 6 nitrogen and oxygen atoms in total. The third kappa shape index (κ3) is 2.07. The number of hydrogen-bond acceptors (Lipinski definition) is 5. The molecule has 2 heterocycles. The van der Waals surface area contributed by atoms with Crippen molar-refractivity contribution in [2.45, 2.75) is 4.21 Å². The lowest BCUT2D eigenvalue weighted by atomic mass is 10.1. The quantitative estimate of drug-likeness (QED) is 0.725. The van der Waals surface area contributed by atoms with Crippen molar-refractivity contribution in [3.05, 3.63) is 29.6 Å². The van der Waals surface area contributed by atoms with Crippen LogP contribution in [0.2, 0.25) is 0 Å². The molecule has 0 fully saturated rings. The molecular formula is C12H10N2O4S2. The van der Waals surface area contributed by atoms with Crippen LogP contribution < -0.4 is 4.74 Å². The summed E-state index contributed by atoms with van der Waals surface area (Å²) in [4.78, 5) is 0. The Labute approximate surface area is 118 Å². The third-order valence-corrected chi connectivity index (χ3v) is 5.20. The molecule has 3 rings (SSSR count). The van der Waals surface area contributed by atoms with Gasteiger partial charge in [0.2, 0.25) is 0 Å². The average Bonchev–Trinajstić information content (AvgIpc) is 3.02. The highest BCUT2D eigenvalue weighted by molar-refractivity contribution is 7.88. The number of benzene rings is 1. The molecule has 104 valence electrons. The van der Waals surface area contributed by atoms with E-state index in [1.165, 1.54) is 0 Å². The summed E-state index contributed by atoms with van der Waals surface area (Å²) >= 11 is 0.950. The molecule has 0 aliphatic carbocycles. The summed E-state index contributed by atoms with van der Waals surface area (Å²) in [7, 11) is -2.72. The van der Waals surface area contributed by atoms with Crippen LogP contribution in [0.5, 0.6) is 5.75 Å². The van der Waals surface area contributed by atoms with E-state index in [1.54, 1.807) is 36.8 Å². The predicted molar refractivity (Wildman–Crippen MR) is 75.8 cm³/mol.